The van der Waals surface area contributed by atoms with E-state index >= 15 is 0 Å². The van der Waals surface area contributed by atoms with Gasteiger partial charge in [0.1, 0.15) is 12.1 Å². The number of ether oxygens (including phenoxy) is 2. The quantitative estimate of drug-likeness (QED) is 0.614. The number of carbonyl (C=O) groups excluding carboxylic acids is 2. The smallest absolute Gasteiger partial charge is 0.323 e. The Morgan fingerprint density at radius 2 is 1.08 bits per heavy atom. The molecule has 0 bridgehead atoms. The molecule has 4 N–H and O–H groups in total. The van der Waals surface area contributed by atoms with Crippen molar-refractivity contribution < 1.29 is 19.1 Å². The molecule has 1 aromatic carbocycles. The van der Waals surface area contributed by atoms with Crippen LogP contribution in [0.25, 0.3) is 0 Å². The van der Waals surface area contributed by atoms with E-state index in [9.17, 15) is 9.59 Å². The molecule has 1 aromatic rings. The van der Waals surface area contributed by atoms with Gasteiger partial charge in [-0.2, -0.15) is 0 Å². The van der Waals surface area contributed by atoms with Gasteiger partial charge in [0.05, 0.1) is 13.2 Å². The van der Waals surface area contributed by atoms with Gasteiger partial charge in [-0.3, -0.25) is 9.59 Å². The maximum Gasteiger partial charge on any atom is 0.323 e. The molecule has 26 heavy (non-hydrogen) atoms. The lowest BCUT2D eigenvalue weighted by atomic mass is 10.0. The van der Waals surface area contributed by atoms with Gasteiger partial charge in [-0.05, 0) is 35.8 Å². The van der Waals surface area contributed by atoms with E-state index in [0.717, 1.165) is 11.1 Å². The minimum atomic E-state index is -0.687. The van der Waals surface area contributed by atoms with Gasteiger partial charge < -0.3 is 20.9 Å². The Morgan fingerprint density at radius 3 is 1.35 bits per heavy atom. The van der Waals surface area contributed by atoms with E-state index in [0.29, 0.717) is 26.1 Å². The maximum atomic E-state index is 11.8. The molecule has 1 rings (SSSR count). The predicted octanol–water partition coefficient (Wildman–Crippen LogP) is 1.82. The molecule has 0 saturated heterocycles. The highest BCUT2D eigenvalue weighted by atomic mass is 16.5. The van der Waals surface area contributed by atoms with Crippen molar-refractivity contribution in [3.05, 3.63) is 35.4 Å². The lowest BCUT2D eigenvalue weighted by Crippen LogP contribution is -2.35. The third-order valence-corrected chi connectivity index (χ3v) is 3.66. The summed E-state index contributed by atoms with van der Waals surface area (Å²) in [5, 5.41) is 0. The average molecular weight is 364 g/mol. The first-order valence-corrected chi connectivity index (χ1v) is 9.11. The summed E-state index contributed by atoms with van der Waals surface area (Å²) in [5.41, 5.74) is 13.7. The van der Waals surface area contributed by atoms with Gasteiger partial charge in [0, 0.05) is 0 Å². The van der Waals surface area contributed by atoms with E-state index in [1.165, 1.54) is 0 Å². The number of rotatable bonds is 10. The molecule has 0 amide bonds. The predicted molar refractivity (Wildman–Crippen MR) is 101 cm³/mol. The molecule has 2 atom stereocenters. The van der Waals surface area contributed by atoms with E-state index < -0.39 is 24.0 Å². The minimum absolute atomic E-state index is 0.280. The summed E-state index contributed by atoms with van der Waals surface area (Å²) in [4.78, 5) is 23.7. The number of esters is 2. The Labute approximate surface area is 156 Å². The number of carbonyl (C=O) groups is 2. The molecular formula is C20H32N2O4. The van der Waals surface area contributed by atoms with Crippen molar-refractivity contribution in [3.63, 3.8) is 0 Å². The number of nitrogens with two attached hydrogens (primary N) is 2. The SMILES string of the molecule is CC(C)COC(=O)[C@H](N)Cc1ccc(C[C@@H](N)C(=O)OCC(C)C)cc1. The van der Waals surface area contributed by atoms with Crippen molar-refractivity contribution in [2.45, 2.75) is 52.6 Å². The van der Waals surface area contributed by atoms with Crippen LogP contribution in [0.3, 0.4) is 0 Å². The van der Waals surface area contributed by atoms with Crippen LogP contribution in [0.15, 0.2) is 24.3 Å². The van der Waals surface area contributed by atoms with Crippen molar-refractivity contribution in [1.82, 2.24) is 0 Å². The van der Waals surface area contributed by atoms with Gasteiger partial charge >= 0.3 is 11.9 Å². The van der Waals surface area contributed by atoms with Crippen LogP contribution in [0.4, 0.5) is 0 Å². The first kappa shape index (κ1) is 22.1. The maximum absolute atomic E-state index is 11.8. The number of hydrogen-bond acceptors (Lipinski definition) is 6. The Kier molecular flexibility index (Phi) is 9.30. The Balaban J connectivity index is 2.50. The molecule has 0 spiro atoms. The zero-order valence-electron chi connectivity index (χ0n) is 16.2. The molecule has 0 heterocycles. The Hall–Kier alpha value is -1.92. The van der Waals surface area contributed by atoms with Crippen LogP contribution in [0, 0.1) is 11.8 Å². The lowest BCUT2D eigenvalue weighted by Gasteiger charge is -2.14. The molecule has 0 saturated carbocycles. The standard InChI is InChI=1S/C20H32N2O4/c1-13(2)11-25-19(23)17(21)9-15-5-7-16(8-6-15)10-18(22)20(24)26-12-14(3)4/h5-8,13-14,17-18H,9-12,21-22H2,1-4H3/t17-,18-/m1/s1. The van der Waals surface area contributed by atoms with Gasteiger partial charge in [-0.25, -0.2) is 0 Å². The number of benzene rings is 1. The van der Waals surface area contributed by atoms with Gasteiger partial charge in [0.25, 0.3) is 0 Å². The van der Waals surface area contributed by atoms with Crippen molar-refractivity contribution in [2.24, 2.45) is 23.3 Å². The van der Waals surface area contributed by atoms with Crippen LogP contribution in [0.2, 0.25) is 0 Å². The van der Waals surface area contributed by atoms with E-state index in [2.05, 4.69) is 0 Å². The largest absolute Gasteiger partial charge is 0.464 e. The summed E-state index contributed by atoms with van der Waals surface area (Å²) in [6, 6.07) is 6.17. The van der Waals surface area contributed by atoms with Crippen LogP contribution < -0.4 is 11.5 Å². The molecule has 0 aliphatic heterocycles. The molecule has 146 valence electrons. The van der Waals surface area contributed by atoms with Gasteiger partial charge in [-0.15, -0.1) is 0 Å². The molecule has 0 radical (unpaired) electrons. The van der Waals surface area contributed by atoms with Crippen LogP contribution in [0.5, 0.6) is 0 Å². The molecule has 0 aromatic heterocycles. The fourth-order valence-electron chi connectivity index (χ4n) is 2.20. The summed E-state index contributed by atoms with van der Waals surface area (Å²) in [6.45, 7) is 8.63. The average Bonchev–Trinajstić information content (AvgIpc) is 2.58. The first-order valence-electron chi connectivity index (χ1n) is 9.11. The van der Waals surface area contributed by atoms with E-state index in [4.69, 9.17) is 20.9 Å². The third-order valence-electron chi connectivity index (χ3n) is 3.66. The molecule has 6 heteroatoms. The minimum Gasteiger partial charge on any atom is -0.464 e. The molecule has 0 unspecified atom stereocenters. The highest BCUT2D eigenvalue weighted by Crippen LogP contribution is 2.10. The molecule has 0 fully saturated rings. The second kappa shape index (κ2) is 10.9. The molecule has 0 aliphatic carbocycles. The van der Waals surface area contributed by atoms with Gasteiger partial charge in [0.2, 0.25) is 0 Å². The van der Waals surface area contributed by atoms with Crippen LogP contribution in [-0.4, -0.2) is 37.2 Å². The van der Waals surface area contributed by atoms with Crippen molar-refractivity contribution in [3.8, 4) is 0 Å². The van der Waals surface area contributed by atoms with E-state index in [1.807, 2.05) is 52.0 Å². The van der Waals surface area contributed by atoms with Crippen molar-refractivity contribution in [2.75, 3.05) is 13.2 Å². The summed E-state index contributed by atoms with van der Waals surface area (Å²) in [7, 11) is 0. The van der Waals surface area contributed by atoms with Crippen LogP contribution in [0.1, 0.15) is 38.8 Å². The summed E-state index contributed by atoms with van der Waals surface area (Å²) >= 11 is 0. The van der Waals surface area contributed by atoms with E-state index in [-0.39, 0.29) is 11.8 Å². The molecule has 6 nitrogen and oxygen atoms in total. The normalized spacial score (nSPS) is 13.5. The third kappa shape index (κ3) is 8.45. The van der Waals surface area contributed by atoms with Crippen molar-refractivity contribution >= 4 is 11.9 Å². The molecule has 0 aliphatic rings. The second-order valence-electron chi connectivity index (χ2n) is 7.49. The first-order chi connectivity index (χ1) is 12.2. The summed E-state index contributed by atoms with van der Waals surface area (Å²) in [5.74, 6) is -0.223. The fraction of sp³-hybridized carbons (Fsp3) is 0.600. The van der Waals surface area contributed by atoms with Crippen molar-refractivity contribution in [1.29, 1.82) is 0 Å². The monoisotopic (exact) mass is 364 g/mol. The Bertz CT molecular complexity index is 519. The number of hydrogen-bond donors (Lipinski definition) is 2. The zero-order chi connectivity index (χ0) is 19.7. The van der Waals surface area contributed by atoms with Crippen LogP contribution >= 0.6 is 0 Å². The van der Waals surface area contributed by atoms with Crippen LogP contribution in [-0.2, 0) is 31.9 Å². The fourth-order valence-corrected chi connectivity index (χ4v) is 2.20. The second-order valence-corrected chi connectivity index (χ2v) is 7.49. The molecular weight excluding hydrogens is 332 g/mol. The highest BCUT2D eigenvalue weighted by molar-refractivity contribution is 5.76. The van der Waals surface area contributed by atoms with Gasteiger partial charge in [0.15, 0.2) is 0 Å². The highest BCUT2D eigenvalue weighted by Gasteiger charge is 2.18. The summed E-state index contributed by atoms with van der Waals surface area (Å²) < 4.78 is 10.3. The Morgan fingerprint density at radius 1 is 0.769 bits per heavy atom. The topological polar surface area (TPSA) is 105 Å². The zero-order valence-corrected chi connectivity index (χ0v) is 16.2. The van der Waals surface area contributed by atoms with E-state index in [1.54, 1.807) is 0 Å². The lowest BCUT2D eigenvalue weighted by molar-refractivity contribution is -0.147. The summed E-state index contributed by atoms with van der Waals surface area (Å²) in [6.07, 6.45) is 0.805. The van der Waals surface area contributed by atoms with Gasteiger partial charge in [-0.1, -0.05) is 52.0 Å².